The van der Waals surface area contributed by atoms with Crippen molar-refractivity contribution < 1.29 is 9.90 Å². The van der Waals surface area contributed by atoms with Crippen LogP contribution >= 0.6 is 0 Å². The number of aryl methyl sites for hydroxylation is 1. The molecule has 0 aliphatic heterocycles. The van der Waals surface area contributed by atoms with Gasteiger partial charge in [-0.1, -0.05) is 48.5 Å². The molecule has 1 heterocycles. The van der Waals surface area contributed by atoms with Crippen molar-refractivity contribution in [3.8, 4) is 5.69 Å². The number of rotatable bonds is 4. The number of carboxylic acids is 1. The number of H-pyrrole nitrogens is 1. The Kier molecular flexibility index (Phi) is 4.37. The molecule has 0 saturated carbocycles. The lowest BCUT2D eigenvalue weighted by atomic mass is 10.0. The van der Waals surface area contributed by atoms with Gasteiger partial charge in [0.05, 0.1) is 22.5 Å². The fourth-order valence-corrected chi connectivity index (χ4v) is 3.17. The first-order valence-electron chi connectivity index (χ1n) is 8.72. The maximum Gasteiger partial charge on any atom is 0.337 e. The summed E-state index contributed by atoms with van der Waals surface area (Å²) in [6.07, 6.45) is 1.43. The number of carbonyl (C=O) groups is 1. The first-order valence-corrected chi connectivity index (χ1v) is 8.72. The summed E-state index contributed by atoms with van der Waals surface area (Å²) < 4.78 is 1.44. The monoisotopic (exact) mass is 371 g/mol. The summed E-state index contributed by atoms with van der Waals surface area (Å²) in [5.41, 5.74) is 1.92. The van der Waals surface area contributed by atoms with Gasteiger partial charge in [0, 0.05) is 17.3 Å². The maximum atomic E-state index is 12.8. The first kappa shape index (κ1) is 17.5. The Balaban J connectivity index is 1.85. The number of aromatic carboxylic acids is 1. The lowest BCUT2D eigenvalue weighted by molar-refractivity contribution is 0.0698. The minimum atomic E-state index is -1.06. The second-order valence-corrected chi connectivity index (χ2v) is 6.37. The van der Waals surface area contributed by atoms with E-state index < -0.39 is 5.97 Å². The molecule has 0 unspecified atom stereocenters. The number of aromatic amines is 1. The van der Waals surface area contributed by atoms with Crippen molar-refractivity contribution in [3.63, 3.8) is 0 Å². The van der Waals surface area contributed by atoms with Crippen molar-refractivity contribution in [3.05, 3.63) is 93.9 Å². The first-order chi connectivity index (χ1) is 13.6. The van der Waals surface area contributed by atoms with Gasteiger partial charge in [0.25, 0.3) is 5.56 Å². The fraction of sp³-hybridized carbons (Fsp3) is 0.0455. The van der Waals surface area contributed by atoms with Crippen LogP contribution in [0.2, 0.25) is 0 Å². The SMILES string of the molecule is Cc1[nH]n(-c2ccccc2)c(=O)c1C=Nc1c(C(=O)O)ccc2ccccc12. The predicted molar refractivity (Wildman–Crippen MR) is 109 cm³/mol. The van der Waals surface area contributed by atoms with Crippen molar-refractivity contribution >= 4 is 28.6 Å². The Morgan fingerprint density at radius 1 is 1.04 bits per heavy atom. The van der Waals surface area contributed by atoms with Gasteiger partial charge in [-0.2, -0.15) is 0 Å². The molecule has 0 amide bonds. The highest BCUT2D eigenvalue weighted by Gasteiger charge is 2.14. The molecule has 0 aliphatic rings. The zero-order chi connectivity index (χ0) is 19.7. The van der Waals surface area contributed by atoms with Gasteiger partial charge in [0.1, 0.15) is 0 Å². The van der Waals surface area contributed by atoms with E-state index in [1.54, 1.807) is 13.0 Å². The fourth-order valence-electron chi connectivity index (χ4n) is 3.17. The lowest BCUT2D eigenvalue weighted by Crippen LogP contribution is -2.17. The van der Waals surface area contributed by atoms with Crippen LogP contribution in [0.15, 0.2) is 76.5 Å². The number of hydrogen-bond donors (Lipinski definition) is 2. The molecule has 1 aromatic heterocycles. The molecular weight excluding hydrogens is 354 g/mol. The molecule has 4 rings (SSSR count). The average molecular weight is 371 g/mol. The number of aliphatic imine (C=N–C) groups is 1. The second-order valence-electron chi connectivity index (χ2n) is 6.37. The van der Waals surface area contributed by atoms with Crippen molar-refractivity contribution in [2.75, 3.05) is 0 Å². The van der Waals surface area contributed by atoms with E-state index in [-0.39, 0.29) is 11.1 Å². The molecular formula is C22H17N3O3. The van der Waals surface area contributed by atoms with Crippen molar-refractivity contribution in [2.24, 2.45) is 4.99 Å². The zero-order valence-electron chi connectivity index (χ0n) is 15.1. The molecule has 0 spiro atoms. The summed E-state index contributed by atoms with van der Waals surface area (Å²) in [7, 11) is 0. The Labute approximate surface area is 160 Å². The maximum absolute atomic E-state index is 12.8. The Bertz CT molecular complexity index is 1270. The third-order valence-electron chi connectivity index (χ3n) is 4.59. The van der Waals surface area contributed by atoms with Crippen molar-refractivity contribution in [1.29, 1.82) is 0 Å². The number of para-hydroxylation sites is 1. The predicted octanol–water partition coefficient (Wildman–Crippen LogP) is 4.08. The zero-order valence-corrected chi connectivity index (χ0v) is 15.1. The van der Waals surface area contributed by atoms with Gasteiger partial charge in [0.2, 0.25) is 0 Å². The van der Waals surface area contributed by atoms with Crippen molar-refractivity contribution in [1.82, 2.24) is 9.78 Å². The lowest BCUT2D eigenvalue weighted by Gasteiger charge is -2.05. The van der Waals surface area contributed by atoms with E-state index in [1.165, 1.54) is 17.0 Å². The summed E-state index contributed by atoms with van der Waals surface area (Å²) in [6, 6.07) is 19.9. The largest absolute Gasteiger partial charge is 0.478 e. The molecule has 138 valence electrons. The van der Waals surface area contributed by atoms with Gasteiger partial charge >= 0.3 is 5.97 Å². The molecule has 0 radical (unpaired) electrons. The van der Waals surface area contributed by atoms with E-state index in [4.69, 9.17) is 0 Å². The summed E-state index contributed by atoms with van der Waals surface area (Å²) in [5, 5.41) is 14.2. The van der Waals surface area contributed by atoms with Crippen LogP contribution in [0.25, 0.3) is 16.5 Å². The number of nitrogens with zero attached hydrogens (tertiary/aromatic N) is 2. The molecule has 0 atom stereocenters. The van der Waals surface area contributed by atoms with E-state index in [9.17, 15) is 14.7 Å². The van der Waals surface area contributed by atoms with Crippen LogP contribution in [-0.2, 0) is 0 Å². The van der Waals surface area contributed by atoms with E-state index >= 15 is 0 Å². The summed E-state index contributed by atoms with van der Waals surface area (Å²) >= 11 is 0. The molecule has 0 saturated heterocycles. The summed E-state index contributed by atoms with van der Waals surface area (Å²) in [6.45, 7) is 1.78. The molecule has 3 aromatic carbocycles. The van der Waals surface area contributed by atoms with Crippen molar-refractivity contribution in [2.45, 2.75) is 6.92 Å². The smallest absolute Gasteiger partial charge is 0.337 e. The van der Waals surface area contributed by atoms with Crippen LogP contribution in [0.1, 0.15) is 21.6 Å². The van der Waals surface area contributed by atoms with Crippen LogP contribution < -0.4 is 5.56 Å². The highest BCUT2D eigenvalue weighted by atomic mass is 16.4. The molecule has 4 aromatic rings. The van der Waals surface area contributed by atoms with Crippen LogP contribution in [0.5, 0.6) is 0 Å². The molecule has 6 heteroatoms. The normalized spacial score (nSPS) is 11.3. The average Bonchev–Trinajstić information content (AvgIpc) is 3.00. The Morgan fingerprint density at radius 2 is 1.75 bits per heavy atom. The number of benzene rings is 3. The van der Waals surface area contributed by atoms with Gasteiger partial charge in [0.15, 0.2) is 0 Å². The minimum absolute atomic E-state index is 0.0894. The Hall–Kier alpha value is -3.93. The molecule has 0 bridgehead atoms. The standard InChI is InChI=1S/C22H17N3O3/c1-14-19(21(26)25(24-14)16-8-3-2-4-9-16)13-23-20-17-10-6-5-7-15(17)11-12-18(20)22(27)28/h2-13,24H,1H3,(H,27,28). The van der Waals surface area contributed by atoms with Gasteiger partial charge in [-0.25, -0.2) is 9.48 Å². The topological polar surface area (TPSA) is 87.5 Å². The number of aromatic nitrogens is 2. The third kappa shape index (κ3) is 3.01. The molecule has 6 nitrogen and oxygen atoms in total. The number of hydrogen-bond acceptors (Lipinski definition) is 3. The van der Waals surface area contributed by atoms with E-state index in [1.807, 2.05) is 54.6 Å². The van der Waals surface area contributed by atoms with Gasteiger partial charge in [-0.15, -0.1) is 0 Å². The summed E-state index contributed by atoms with van der Waals surface area (Å²) in [5.74, 6) is -1.06. The van der Waals surface area contributed by atoms with Crippen LogP contribution in [0.3, 0.4) is 0 Å². The van der Waals surface area contributed by atoms with Crippen LogP contribution in [0.4, 0.5) is 5.69 Å². The third-order valence-corrected chi connectivity index (χ3v) is 4.59. The number of carboxylic acid groups (broad SMARTS) is 1. The van der Waals surface area contributed by atoms with Crippen LogP contribution in [0, 0.1) is 6.92 Å². The van der Waals surface area contributed by atoms with E-state index in [0.717, 1.165) is 10.8 Å². The minimum Gasteiger partial charge on any atom is -0.478 e. The quantitative estimate of drug-likeness (QED) is 0.530. The summed E-state index contributed by atoms with van der Waals surface area (Å²) in [4.78, 5) is 28.9. The second kappa shape index (κ2) is 7.00. The number of nitrogens with one attached hydrogen (secondary N) is 1. The van der Waals surface area contributed by atoms with Crippen LogP contribution in [-0.4, -0.2) is 27.1 Å². The molecule has 2 N–H and O–H groups in total. The highest BCUT2D eigenvalue weighted by molar-refractivity contribution is 6.06. The molecule has 0 aliphatic carbocycles. The number of fused-ring (bicyclic) bond motifs is 1. The van der Waals surface area contributed by atoms with Gasteiger partial charge in [-0.3, -0.25) is 14.9 Å². The molecule has 28 heavy (non-hydrogen) atoms. The highest BCUT2D eigenvalue weighted by Crippen LogP contribution is 2.30. The van der Waals surface area contributed by atoms with E-state index in [2.05, 4.69) is 10.1 Å². The van der Waals surface area contributed by atoms with E-state index in [0.29, 0.717) is 22.6 Å². The van der Waals surface area contributed by atoms with Gasteiger partial charge < -0.3 is 5.11 Å². The van der Waals surface area contributed by atoms with Gasteiger partial charge in [-0.05, 0) is 30.5 Å². The Morgan fingerprint density at radius 3 is 2.50 bits per heavy atom. The molecule has 0 fully saturated rings.